The van der Waals surface area contributed by atoms with Crippen molar-refractivity contribution in [2.45, 2.75) is 13.2 Å². The number of carboxylic acids is 1. The van der Waals surface area contributed by atoms with Gasteiger partial charge in [-0.05, 0) is 73.3 Å². The summed E-state index contributed by atoms with van der Waals surface area (Å²) in [6.45, 7) is 0.406. The van der Waals surface area contributed by atoms with E-state index >= 15 is 0 Å². The van der Waals surface area contributed by atoms with E-state index in [2.05, 4.69) is 36.6 Å². The van der Waals surface area contributed by atoms with E-state index in [1.54, 1.807) is 30.3 Å². The zero-order chi connectivity index (χ0) is 22.8. The van der Waals surface area contributed by atoms with Crippen LogP contribution in [0.1, 0.15) is 31.8 Å². The van der Waals surface area contributed by atoms with Crippen molar-refractivity contribution in [1.29, 1.82) is 0 Å². The molecule has 6 nitrogen and oxygen atoms in total. The van der Waals surface area contributed by atoms with Gasteiger partial charge in [0.05, 0.1) is 24.8 Å². The Bertz CT molecular complexity index is 1040. The lowest BCUT2D eigenvalue weighted by Gasteiger charge is -2.08. The summed E-state index contributed by atoms with van der Waals surface area (Å²) < 4.78 is 11.5. The van der Waals surface area contributed by atoms with Gasteiger partial charge in [0, 0.05) is 8.95 Å². The van der Waals surface area contributed by atoms with E-state index in [9.17, 15) is 9.59 Å². The SMILES string of the molecule is COC(=O)c1ccc(OCc2ccccc2)cc1Br.O=C(O)c1ccc(CO)cc1Br. The predicted molar refractivity (Wildman–Crippen MR) is 123 cm³/mol. The van der Waals surface area contributed by atoms with E-state index in [0.717, 1.165) is 5.56 Å². The van der Waals surface area contributed by atoms with Gasteiger partial charge in [-0.1, -0.05) is 36.4 Å². The van der Waals surface area contributed by atoms with Crippen molar-refractivity contribution in [1.82, 2.24) is 0 Å². The van der Waals surface area contributed by atoms with Crippen LogP contribution in [0.3, 0.4) is 0 Å². The van der Waals surface area contributed by atoms with E-state index in [1.165, 1.54) is 13.2 Å². The van der Waals surface area contributed by atoms with Crippen LogP contribution in [0, 0.1) is 0 Å². The van der Waals surface area contributed by atoms with Gasteiger partial charge in [-0.15, -0.1) is 0 Å². The quantitative estimate of drug-likeness (QED) is 0.395. The third kappa shape index (κ3) is 7.50. The molecule has 3 aromatic carbocycles. The molecule has 2 N–H and O–H groups in total. The Kier molecular flexibility index (Phi) is 9.71. The van der Waals surface area contributed by atoms with Crippen LogP contribution in [0.2, 0.25) is 0 Å². The molecule has 0 aliphatic carbocycles. The molecule has 0 heterocycles. The lowest BCUT2D eigenvalue weighted by Crippen LogP contribution is -2.02. The minimum absolute atomic E-state index is 0.0848. The molecule has 0 fully saturated rings. The maximum atomic E-state index is 11.4. The van der Waals surface area contributed by atoms with Crippen LogP contribution in [0.15, 0.2) is 75.7 Å². The Labute approximate surface area is 196 Å². The molecular formula is C23H20Br2O6. The average Bonchev–Trinajstić information content (AvgIpc) is 2.78. The van der Waals surface area contributed by atoms with Crippen molar-refractivity contribution in [2.24, 2.45) is 0 Å². The van der Waals surface area contributed by atoms with Gasteiger partial charge in [-0.25, -0.2) is 9.59 Å². The molecule has 3 rings (SSSR count). The fourth-order valence-electron chi connectivity index (χ4n) is 2.43. The van der Waals surface area contributed by atoms with E-state index in [0.29, 0.717) is 32.4 Å². The van der Waals surface area contributed by atoms with Crippen LogP contribution in [0.4, 0.5) is 0 Å². The number of methoxy groups -OCH3 is 1. The van der Waals surface area contributed by atoms with Gasteiger partial charge in [-0.2, -0.15) is 0 Å². The second-order valence-corrected chi connectivity index (χ2v) is 7.89. The van der Waals surface area contributed by atoms with Crippen molar-refractivity contribution in [2.75, 3.05) is 7.11 Å². The summed E-state index contributed by atoms with van der Waals surface area (Å²) in [5.74, 6) is -0.656. The fraction of sp³-hybridized carbons (Fsp3) is 0.130. The van der Waals surface area contributed by atoms with E-state index in [-0.39, 0.29) is 18.1 Å². The maximum Gasteiger partial charge on any atom is 0.339 e. The number of esters is 1. The van der Waals surface area contributed by atoms with Crippen molar-refractivity contribution >= 4 is 43.8 Å². The number of halogens is 2. The molecule has 0 radical (unpaired) electrons. The summed E-state index contributed by atoms with van der Waals surface area (Å²) >= 11 is 6.43. The van der Waals surface area contributed by atoms with E-state index in [4.69, 9.17) is 14.9 Å². The van der Waals surface area contributed by atoms with Crippen molar-refractivity contribution in [3.63, 3.8) is 0 Å². The fourth-order valence-corrected chi connectivity index (χ4v) is 3.55. The first-order valence-corrected chi connectivity index (χ1v) is 10.6. The second kappa shape index (κ2) is 12.2. The number of aliphatic hydroxyl groups is 1. The van der Waals surface area contributed by atoms with Gasteiger partial charge in [0.25, 0.3) is 0 Å². The molecule has 0 amide bonds. The number of carbonyl (C=O) groups excluding carboxylic acids is 1. The van der Waals surface area contributed by atoms with Crippen LogP contribution in [0.5, 0.6) is 5.75 Å². The number of carbonyl (C=O) groups is 2. The molecule has 0 unspecified atom stereocenters. The molecule has 0 atom stereocenters. The standard InChI is InChI=1S/C15H13BrO3.C8H7BrO3/c1-18-15(17)13-8-7-12(9-14(13)16)19-10-11-5-3-2-4-6-11;9-7-3-5(4-10)1-2-6(7)8(11)12/h2-9H,10H2,1H3;1-3,10H,4H2,(H,11,12). The number of hydrogen-bond donors (Lipinski definition) is 2. The lowest BCUT2D eigenvalue weighted by molar-refractivity contribution is 0.0598. The molecular weight excluding hydrogens is 532 g/mol. The first-order chi connectivity index (χ1) is 14.8. The molecule has 8 heteroatoms. The third-order valence-corrected chi connectivity index (χ3v) is 5.35. The zero-order valence-electron chi connectivity index (χ0n) is 16.5. The predicted octanol–water partition coefficient (Wildman–Crippen LogP) is 5.45. The Morgan fingerprint density at radius 3 is 2.06 bits per heavy atom. The Morgan fingerprint density at radius 2 is 1.52 bits per heavy atom. The van der Waals surface area contributed by atoms with E-state index in [1.807, 2.05) is 30.3 Å². The lowest BCUT2D eigenvalue weighted by atomic mass is 10.1. The summed E-state index contributed by atoms with van der Waals surface area (Å²) in [5, 5.41) is 17.4. The number of aliphatic hydroxyl groups excluding tert-OH is 1. The molecule has 0 aliphatic rings. The molecule has 0 aliphatic heterocycles. The van der Waals surface area contributed by atoms with Crippen LogP contribution in [-0.2, 0) is 18.0 Å². The number of ether oxygens (including phenoxy) is 2. The first-order valence-electron chi connectivity index (χ1n) is 9.03. The van der Waals surface area contributed by atoms with Gasteiger partial charge in [-0.3, -0.25) is 0 Å². The highest BCUT2D eigenvalue weighted by Gasteiger charge is 2.11. The molecule has 0 aromatic heterocycles. The number of rotatable bonds is 6. The summed E-state index contributed by atoms with van der Waals surface area (Å²) in [6, 6.07) is 19.7. The monoisotopic (exact) mass is 550 g/mol. The summed E-state index contributed by atoms with van der Waals surface area (Å²) in [6.07, 6.45) is 0. The van der Waals surface area contributed by atoms with Crippen molar-refractivity contribution in [3.8, 4) is 5.75 Å². The molecule has 3 aromatic rings. The van der Waals surface area contributed by atoms with Crippen molar-refractivity contribution < 1.29 is 29.3 Å². The first kappa shape index (κ1) is 24.6. The molecule has 0 saturated carbocycles. The van der Waals surface area contributed by atoms with Gasteiger partial charge in [0.1, 0.15) is 12.4 Å². The second-order valence-electron chi connectivity index (χ2n) is 6.18. The van der Waals surface area contributed by atoms with Gasteiger partial charge in [0.15, 0.2) is 0 Å². The van der Waals surface area contributed by atoms with Crippen LogP contribution in [0.25, 0.3) is 0 Å². The Hall–Kier alpha value is -2.68. The smallest absolute Gasteiger partial charge is 0.339 e. The van der Waals surface area contributed by atoms with Gasteiger partial charge in [0.2, 0.25) is 0 Å². The molecule has 0 bridgehead atoms. The summed E-state index contributed by atoms with van der Waals surface area (Å²) in [4.78, 5) is 22.0. The van der Waals surface area contributed by atoms with E-state index < -0.39 is 5.97 Å². The van der Waals surface area contributed by atoms with Gasteiger partial charge < -0.3 is 19.7 Å². The number of hydrogen-bond acceptors (Lipinski definition) is 5. The summed E-state index contributed by atoms with van der Waals surface area (Å²) in [5.41, 5.74) is 2.46. The minimum atomic E-state index is -0.980. The number of carboxylic acid groups (broad SMARTS) is 1. The van der Waals surface area contributed by atoms with Crippen LogP contribution >= 0.6 is 31.9 Å². The van der Waals surface area contributed by atoms with Crippen LogP contribution < -0.4 is 4.74 Å². The number of benzene rings is 3. The minimum Gasteiger partial charge on any atom is -0.489 e. The molecule has 0 spiro atoms. The normalized spacial score (nSPS) is 9.94. The van der Waals surface area contributed by atoms with Gasteiger partial charge >= 0.3 is 11.9 Å². The molecule has 162 valence electrons. The van der Waals surface area contributed by atoms with Crippen molar-refractivity contribution in [3.05, 3.63) is 97.9 Å². The topological polar surface area (TPSA) is 93.1 Å². The summed E-state index contributed by atoms with van der Waals surface area (Å²) in [7, 11) is 1.36. The molecule has 0 saturated heterocycles. The highest BCUT2D eigenvalue weighted by atomic mass is 79.9. The number of aromatic carboxylic acids is 1. The zero-order valence-corrected chi connectivity index (χ0v) is 19.7. The highest BCUT2D eigenvalue weighted by Crippen LogP contribution is 2.24. The maximum absolute atomic E-state index is 11.4. The van der Waals surface area contributed by atoms with Crippen LogP contribution in [-0.4, -0.2) is 29.3 Å². The third-order valence-electron chi connectivity index (χ3n) is 4.04. The Balaban J connectivity index is 0.000000245. The highest BCUT2D eigenvalue weighted by molar-refractivity contribution is 9.10. The average molecular weight is 552 g/mol. The largest absolute Gasteiger partial charge is 0.489 e. The Morgan fingerprint density at radius 1 is 0.871 bits per heavy atom. The molecule has 31 heavy (non-hydrogen) atoms.